The van der Waals surface area contributed by atoms with Crippen molar-refractivity contribution in [2.75, 3.05) is 13.2 Å². The summed E-state index contributed by atoms with van der Waals surface area (Å²) in [6.45, 7) is 12.9. The molecular weight excluding hydrogens is 392 g/mol. The van der Waals surface area contributed by atoms with E-state index >= 15 is 0 Å². The molecule has 5 heteroatoms. The second-order valence-corrected chi connectivity index (χ2v) is 8.19. The molecule has 1 aliphatic heterocycles. The van der Waals surface area contributed by atoms with Crippen LogP contribution in [0.2, 0.25) is 0 Å². The van der Waals surface area contributed by atoms with E-state index in [9.17, 15) is 4.79 Å². The predicted octanol–water partition coefficient (Wildman–Crippen LogP) is 5.44. The fourth-order valence-electron chi connectivity index (χ4n) is 3.82. The van der Waals surface area contributed by atoms with E-state index in [-0.39, 0.29) is 0 Å². The van der Waals surface area contributed by atoms with Crippen LogP contribution in [0.4, 0.5) is 0 Å². The number of carboxylic acids is 1. The van der Waals surface area contributed by atoms with E-state index < -0.39 is 11.6 Å². The van der Waals surface area contributed by atoms with Crippen LogP contribution in [0.1, 0.15) is 41.2 Å². The highest BCUT2D eigenvalue weighted by Crippen LogP contribution is 2.43. The van der Waals surface area contributed by atoms with Crippen LogP contribution in [0.25, 0.3) is 6.08 Å². The van der Waals surface area contributed by atoms with Crippen molar-refractivity contribution in [3.05, 3.63) is 70.8 Å². The molecule has 1 unspecified atom stereocenters. The van der Waals surface area contributed by atoms with Gasteiger partial charge in [-0.1, -0.05) is 24.8 Å². The van der Waals surface area contributed by atoms with Crippen molar-refractivity contribution in [1.82, 2.24) is 0 Å². The predicted molar refractivity (Wildman–Crippen MR) is 122 cm³/mol. The zero-order valence-corrected chi connectivity index (χ0v) is 18.7. The lowest BCUT2D eigenvalue weighted by atomic mass is 9.87. The van der Waals surface area contributed by atoms with Gasteiger partial charge in [-0.15, -0.1) is 0 Å². The van der Waals surface area contributed by atoms with Crippen LogP contribution in [0.5, 0.6) is 17.2 Å². The molecule has 0 spiro atoms. The van der Waals surface area contributed by atoms with Gasteiger partial charge in [0.15, 0.2) is 0 Å². The van der Waals surface area contributed by atoms with Crippen LogP contribution in [0.3, 0.4) is 0 Å². The second kappa shape index (κ2) is 9.29. The normalized spacial score (nSPS) is 17.7. The van der Waals surface area contributed by atoms with Gasteiger partial charge >= 0.3 is 5.97 Å². The van der Waals surface area contributed by atoms with E-state index in [0.717, 1.165) is 58.4 Å². The molecule has 2 aromatic carbocycles. The zero-order chi connectivity index (χ0) is 22.6. The summed E-state index contributed by atoms with van der Waals surface area (Å²) < 4.78 is 18.5. The van der Waals surface area contributed by atoms with Crippen molar-refractivity contribution in [2.24, 2.45) is 0 Å². The molecule has 3 rings (SSSR count). The molecule has 0 saturated carbocycles. The molecule has 0 fully saturated rings. The van der Waals surface area contributed by atoms with E-state index in [1.807, 2.05) is 24.3 Å². The molecular formula is C26H30O5. The standard InChI is InChI=1S/C26H30O5/c1-6-15-29-24-17(2)18(3)25-22(19(24)4)13-14-26(5,31-25)16-30-21-10-7-20(8-11-21)9-12-23(27)28/h6-12H,1,13-16H2,2-5H3,(H,27,28)/b12-9+. The number of carbonyl (C=O) groups is 1. The number of hydrogen-bond acceptors (Lipinski definition) is 4. The molecule has 0 bridgehead atoms. The number of fused-ring (bicyclic) bond motifs is 1. The van der Waals surface area contributed by atoms with Crippen LogP contribution < -0.4 is 14.2 Å². The van der Waals surface area contributed by atoms with Crippen molar-refractivity contribution in [1.29, 1.82) is 0 Å². The third-order valence-corrected chi connectivity index (χ3v) is 5.75. The van der Waals surface area contributed by atoms with Gasteiger partial charge in [0.1, 0.15) is 36.1 Å². The van der Waals surface area contributed by atoms with E-state index in [0.29, 0.717) is 13.2 Å². The molecule has 0 aliphatic carbocycles. The lowest BCUT2D eigenvalue weighted by molar-refractivity contribution is -0.131. The van der Waals surface area contributed by atoms with Gasteiger partial charge in [0.2, 0.25) is 0 Å². The first kappa shape index (κ1) is 22.5. The summed E-state index contributed by atoms with van der Waals surface area (Å²) in [5.41, 5.74) is 4.89. The highest BCUT2D eigenvalue weighted by Gasteiger charge is 2.35. The quantitative estimate of drug-likeness (QED) is 0.453. The molecule has 5 nitrogen and oxygen atoms in total. The van der Waals surface area contributed by atoms with Gasteiger partial charge in [-0.05, 0) is 81.0 Å². The highest BCUT2D eigenvalue weighted by atomic mass is 16.5. The average molecular weight is 423 g/mol. The Kier molecular flexibility index (Phi) is 6.74. The molecule has 1 N–H and O–H groups in total. The van der Waals surface area contributed by atoms with Crippen LogP contribution in [0, 0.1) is 20.8 Å². The van der Waals surface area contributed by atoms with Gasteiger partial charge in [0.05, 0.1) is 0 Å². The van der Waals surface area contributed by atoms with Gasteiger partial charge < -0.3 is 19.3 Å². The average Bonchev–Trinajstić information content (AvgIpc) is 2.75. The summed E-state index contributed by atoms with van der Waals surface area (Å²) in [4.78, 5) is 10.6. The molecule has 31 heavy (non-hydrogen) atoms. The minimum absolute atomic E-state index is 0.420. The Balaban J connectivity index is 1.73. The Bertz CT molecular complexity index is 1000. The summed E-state index contributed by atoms with van der Waals surface area (Å²) in [5, 5.41) is 8.73. The van der Waals surface area contributed by atoms with Gasteiger partial charge in [-0.25, -0.2) is 4.79 Å². The lowest BCUT2D eigenvalue weighted by Crippen LogP contribution is -2.42. The number of rotatable bonds is 8. The van der Waals surface area contributed by atoms with Crippen LogP contribution in [0.15, 0.2) is 43.0 Å². The first-order chi connectivity index (χ1) is 14.7. The van der Waals surface area contributed by atoms with Gasteiger partial charge in [-0.2, -0.15) is 0 Å². The van der Waals surface area contributed by atoms with Gasteiger partial charge in [-0.3, -0.25) is 0 Å². The van der Waals surface area contributed by atoms with E-state index in [1.165, 1.54) is 5.56 Å². The Morgan fingerprint density at radius 1 is 1.16 bits per heavy atom. The van der Waals surface area contributed by atoms with Crippen molar-refractivity contribution < 1.29 is 24.1 Å². The lowest BCUT2D eigenvalue weighted by Gasteiger charge is -2.38. The van der Waals surface area contributed by atoms with E-state index in [4.69, 9.17) is 19.3 Å². The smallest absolute Gasteiger partial charge is 0.328 e. The van der Waals surface area contributed by atoms with Crippen molar-refractivity contribution in [3.63, 3.8) is 0 Å². The maximum absolute atomic E-state index is 10.6. The Morgan fingerprint density at radius 3 is 2.52 bits per heavy atom. The maximum Gasteiger partial charge on any atom is 0.328 e. The third-order valence-electron chi connectivity index (χ3n) is 5.75. The third kappa shape index (κ3) is 5.10. The molecule has 1 heterocycles. The largest absolute Gasteiger partial charge is 0.489 e. The summed E-state index contributed by atoms with van der Waals surface area (Å²) in [6, 6.07) is 7.33. The summed E-state index contributed by atoms with van der Waals surface area (Å²) in [6.07, 6.45) is 6.15. The Hall–Kier alpha value is -3.21. The number of hydrogen-bond donors (Lipinski definition) is 1. The topological polar surface area (TPSA) is 65.0 Å². The van der Waals surface area contributed by atoms with E-state index in [1.54, 1.807) is 12.2 Å². The molecule has 1 atom stereocenters. The minimum atomic E-state index is -0.969. The molecule has 2 aromatic rings. The summed E-state index contributed by atoms with van der Waals surface area (Å²) >= 11 is 0. The van der Waals surface area contributed by atoms with Crippen molar-refractivity contribution in [2.45, 2.75) is 46.1 Å². The number of benzene rings is 2. The fourth-order valence-corrected chi connectivity index (χ4v) is 3.82. The molecule has 0 radical (unpaired) electrons. The van der Waals surface area contributed by atoms with Crippen molar-refractivity contribution >= 4 is 12.0 Å². The number of carboxylic acid groups (broad SMARTS) is 1. The van der Waals surface area contributed by atoms with Gasteiger partial charge in [0, 0.05) is 11.6 Å². The Morgan fingerprint density at radius 2 is 1.87 bits per heavy atom. The zero-order valence-electron chi connectivity index (χ0n) is 18.7. The maximum atomic E-state index is 10.6. The Labute approximate surface area is 184 Å². The van der Waals surface area contributed by atoms with Crippen LogP contribution >= 0.6 is 0 Å². The summed E-state index contributed by atoms with van der Waals surface area (Å²) in [7, 11) is 0. The molecule has 0 amide bonds. The van der Waals surface area contributed by atoms with E-state index in [2.05, 4.69) is 34.3 Å². The monoisotopic (exact) mass is 422 g/mol. The number of aliphatic carboxylic acids is 1. The second-order valence-electron chi connectivity index (χ2n) is 8.19. The molecule has 0 saturated heterocycles. The molecule has 164 valence electrons. The first-order valence-corrected chi connectivity index (χ1v) is 10.4. The minimum Gasteiger partial charge on any atom is -0.489 e. The first-order valence-electron chi connectivity index (χ1n) is 10.4. The van der Waals surface area contributed by atoms with Crippen molar-refractivity contribution in [3.8, 4) is 17.2 Å². The number of ether oxygens (including phenoxy) is 3. The van der Waals surface area contributed by atoms with Gasteiger partial charge in [0.25, 0.3) is 0 Å². The summed E-state index contributed by atoms with van der Waals surface area (Å²) in [5.74, 6) is 1.62. The fraction of sp³-hybridized carbons (Fsp3) is 0.346. The van der Waals surface area contributed by atoms with Crippen LogP contribution in [-0.2, 0) is 11.2 Å². The highest BCUT2D eigenvalue weighted by molar-refractivity contribution is 5.85. The van der Waals surface area contributed by atoms with Crippen LogP contribution in [-0.4, -0.2) is 29.9 Å². The molecule has 0 aromatic heterocycles. The molecule has 1 aliphatic rings. The SMILES string of the molecule is C=CCOc1c(C)c(C)c2c(c1C)CCC(C)(COc1ccc(/C=C/C(=O)O)cc1)O2.